The molecule has 1 aliphatic rings. The number of nitrogens with one attached hydrogen (secondary N) is 1. The number of esters is 1. The smallest absolute Gasteiger partial charge is 0.343 e. The number of hydrogen-bond donors (Lipinski definition) is 1. The molecular formula is C19H19BrFNO5S. The van der Waals surface area contributed by atoms with E-state index in [9.17, 15) is 17.6 Å². The fourth-order valence-corrected chi connectivity index (χ4v) is 5.27. The van der Waals surface area contributed by atoms with Crippen LogP contribution in [0.1, 0.15) is 35.2 Å². The Morgan fingerprint density at radius 3 is 2.46 bits per heavy atom. The Hall–Kier alpha value is -2.13. The quantitative estimate of drug-likeness (QED) is 0.634. The van der Waals surface area contributed by atoms with Gasteiger partial charge in [-0.15, -0.1) is 0 Å². The number of carbonyl (C=O) groups is 1. The SMILES string of the molecule is COC(=O)c1c(NS(=O)(=O)c2ccc(F)cc2Br)ccc(C2CC2C)c1OC. The zero-order valence-corrected chi connectivity index (χ0v) is 17.9. The monoisotopic (exact) mass is 471 g/mol. The fraction of sp³-hybridized carbons (Fsp3) is 0.316. The molecule has 2 unspecified atom stereocenters. The predicted octanol–water partition coefficient (Wildman–Crippen LogP) is 4.31. The molecule has 0 aromatic heterocycles. The third-order valence-electron chi connectivity index (χ3n) is 4.72. The molecule has 6 nitrogen and oxygen atoms in total. The fourth-order valence-electron chi connectivity index (χ4n) is 3.15. The van der Waals surface area contributed by atoms with Gasteiger partial charge in [0.15, 0.2) is 0 Å². The van der Waals surface area contributed by atoms with Crippen LogP contribution in [0, 0.1) is 11.7 Å². The van der Waals surface area contributed by atoms with E-state index >= 15 is 0 Å². The lowest BCUT2D eigenvalue weighted by Gasteiger charge is -2.18. The first-order valence-electron chi connectivity index (χ1n) is 8.46. The van der Waals surface area contributed by atoms with E-state index in [2.05, 4.69) is 27.6 Å². The van der Waals surface area contributed by atoms with Crippen molar-refractivity contribution in [1.29, 1.82) is 0 Å². The Morgan fingerprint density at radius 1 is 1.25 bits per heavy atom. The highest BCUT2D eigenvalue weighted by atomic mass is 79.9. The van der Waals surface area contributed by atoms with Gasteiger partial charge in [0, 0.05) is 4.47 Å². The minimum Gasteiger partial charge on any atom is -0.495 e. The Labute approximate surface area is 171 Å². The molecule has 2 aromatic carbocycles. The van der Waals surface area contributed by atoms with Gasteiger partial charge < -0.3 is 9.47 Å². The standard InChI is InChI=1S/C19H19BrFNO5S/c1-10-8-13(10)12-5-6-15(17(18(12)26-2)19(23)27-3)22-28(24,25)16-7-4-11(21)9-14(16)20/h4-7,9-10,13,22H,8H2,1-3H3. The molecule has 0 bridgehead atoms. The molecule has 0 aliphatic heterocycles. The highest BCUT2D eigenvalue weighted by Crippen LogP contribution is 2.51. The van der Waals surface area contributed by atoms with Crippen LogP contribution in [-0.4, -0.2) is 28.6 Å². The summed E-state index contributed by atoms with van der Waals surface area (Å²) < 4.78 is 51.7. The van der Waals surface area contributed by atoms with Crippen LogP contribution in [0.3, 0.4) is 0 Å². The lowest BCUT2D eigenvalue weighted by Crippen LogP contribution is -2.18. The Morgan fingerprint density at radius 2 is 1.93 bits per heavy atom. The van der Waals surface area contributed by atoms with Crippen LogP contribution in [-0.2, 0) is 14.8 Å². The number of benzene rings is 2. The summed E-state index contributed by atoms with van der Waals surface area (Å²) in [5.41, 5.74) is 0.863. The van der Waals surface area contributed by atoms with Crippen molar-refractivity contribution in [2.75, 3.05) is 18.9 Å². The van der Waals surface area contributed by atoms with E-state index in [0.717, 1.165) is 30.2 Å². The number of carbonyl (C=O) groups excluding carboxylic acids is 1. The molecule has 2 aromatic rings. The first-order chi connectivity index (χ1) is 13.2. The average molecular weight is 472 g/mol. The van der Waals surface area contributed by atoms with Gasteiger partial charge in [0.1, 0.15) is 22.0 Å². The second kappa shape index (κ2) is 7.71. The first-order valence-corrected chi connectivity index (χ1v) is 10.7. The van der Waals surface area contributed by atoms with Gasteiger partial charge in [-0.1, -0.05) is 13.0 Å². The van der Waals surface area contributed by atoms with Crippen LogP contribution in [0.4, 0.5) is 10.1 Å². The van der Waals surface area contributed by atoms with Crippen molar-refractivity contribution in [2.24, 2.45) is 5.92 Å². The summed E-state index contributed by atoms with van der Waals surface area (Å²) in [6.07, 6.45) is 0.963. The maximum Gasteiger partial charge on any atom is 0.343 e. The second-order valence-electron chi connectivity index (χ2n) is 6.60. The van der Waals surface area contributed by atoms with Crippen molar-refractivity contribution in [1.82, 2.24) is 0 Å². The largest absolute Gasteiger partial charge is 0.495 e. The number of methoxy groups -OCH3 is 2. The Kier molecular flexibility index (Phi) is 5.67. The number of ether oxygens (including phenoxy) is 2. The highest BCUT2D eigenvalue weighted by Gasteiger charge is 2.38. The van der Waals surface area contributed by atoms with Gasteiger partial charge in [-0.05, 0) is 64.0 Å². The maximum atomic E-state index is 13.3. The summed E-state index contributed by atoms with van der Waals surface area (Å²) >= 11 is 3.06. The molecular weight excluding hydrogens is 453 g/mol. The van der Waals surface area contributed by atoms with E-state index in [4.69, 9.17) is 9.47 Å². The molecule has 28 heavy (non-hydrogen) atoms. The first kappa shape index (κ1) is 20.6. The molecule has 9 heteroatoms. The molecule has 0 heterocycles. The van der Waals surface area contributed by atoms with Crippen molar-refractivity contribution in [3.8, 4) is 5.75 Å². The molecule has 0 spiro atoms. The van der Waals surface area contributed by atoms with E-state index in [1.807, 2.05) is 0 Å². The summed E-state index contributed by atoms with van der Waals surface area (Å²) in [6, 6.07) is 6.49. The van der Waals surface area contributed by atoms with Crippen LogP contribution in [0.2, 0.25) is 0 Å². The minimum absolute atomic E-state index is 0.00316. The lowest BCUT2D eigenvalue weighted by atomic mass is 10.0. The van der Waals surface area contributed by atoms with Gasteiger partial charge in [-0.2, -0.15) is 0 Å². The van der Waals surface area contributed by atoms with Crippen molar-refractivity contribution in [3.63, 3.8) is 0 Å². The van der Waals surface area contributed by atoms with Gasteiger partial charge in [0.2, 0.25) is 0 Å². The molecule has 1 fully saturated rings. The van der Waals surface area contributed by atoms with Crippen molar-refractivity contribution >= 4 is 37.6 Å². The summed E-state index contributed by atoms with van der Waals surface area (Å²) in [7, 11) is -1.47. The number of anilines is 1. The summed E-state index contributed by atoms with van der Waals surface area (Å²) in [6.45, 7) is 2.09. The maximum absolute atomic E-state index is 13.3. The third-order valence-corrected chi connectivity index (χ3v) is 7.06. The van der Waals surface area contributed by atoms with Gasteiger partial charge >= 0.3 is 5.97 Å². The highest BCUT2D eigenvalue weighted by molar-refractivity contribution is 9.10. The number of hydrogen-bond acceptors (Lipinski definition) is 5. The van der Waals surface area contributed by atoms with E-state index in [1.165, 1.54) is 20.3 Å². The molecule has 1 N–H and O–H groups in total. The zero-order chi connectivity index (χ0) is 20.6. The molecule has 150 valence electrons. The number of sulfonamides is 1. The Balaban J connectivity index is 2.09. The summed E-state index contributed by atoms with van der Waals surface area (Å²) in [5.74, 6) is -0.305. The van der Waals surface area contributed by atoms with Gasteiger partial charge in [0.05, 0.1) is 19.9 Å². The van der Waals surface area contributed by atoms with E-state index in [0.29, 0.717) is 11.7 Å². The molecule has 2 atom stereocenters. The second-order valence-corrected chi connectivity index (χ2v) is 9.11. The van der Waals surface area contributed by atoms with Crippen LogP contribution in [0.15, 0.2) is 39.7 Å². The molecule has 0 saturated heterocycles. The van der Waals surface area contributed by atoms with E-state index in [-0.39, 0.29) is 26.5 Å². The predicted molar refractivity (Wildman–Crippen MR) is 106 cm³/mol. The van der Waals surface area contributed by atoms with E-state index in [1.54, 1.807) is 6.07 Å². The molecule has 1 aliphatic carbocycles. The van der Waals surface area contributed by atoms with Gasteiger partial charge in [-0.25, -0.2) is 17.6 Å². The third kappa shape index (κ3) is 3.86. The molecule has 0 radical (unpaired) electrons. The minimum atomic E-state index is -4.11. The zero-order valence-electron chi connectivity index (χ0n) is 15.5. The molecule has 1 saturated carbocycles. The van der Waals surface area contributed by atoms with Crippen LogP contribution in [0.5, 0.6) is 5.75 Å². The number of halogens is 2. The van der Waals surface area contributed by atoms with E-state index < -0.39 is 21.8 Å². The van der Waals surface area contributed by atoms with Crippen molar-refractivity contribution < 1.29 is 27.1 Å². The molecule has 3 rings (SSSR count). The number of rotatable bonds is 6. The lowest BCUT2D eigenvalue weighted by molar-refractivity contribution is 0.0598. The van der Waals surface area contributed by atoms with Crippen molar-refractivity contribution in [2.45, 2.75) is 24.2 Å². The Bertz CT molecular complexity index is 1040. The van der Waals surface area contributed by atoms with Gasteiger partial charge in [-0.3, -0.25) is 4.72 Å². The van der Waals surface area contributed by atoms with Gasteiger partial charge in [0.25, 0.3) is 10.0 Å². The summed E-state index contributed by atoms with van der Waals surface area (Å²) in [5, 5.41) is 0. The topological polar surface area (TPSA) is 81.7 Å². The van der Waals surface area contributed by atoms with Crippen LogP contribution < -0.4 is 9.46 Å². The summed E-state index contributed by atoms with van der Waals surface area (Å²) in [4.78, 5) is 12.3. The average Bonchev–Trinajstić information content (AvgIpc) is 3.36. The van der Waals surface area contributed by atoms with Crippen molar-refractivity contribution in [3.05, 3.63) is 51.7 Å². The molecule has 0 amide bonds. The normalized spacial score (nSPS) is 18.5. The van der Waals surface area contributed by atoms with Crippen LogP contribution >= 0.6 is 15.9 Å². The van der Waals surface area contributed by atoms with Crippen LogP contribution in [0.25, 0.3) is 0 Å².